The van der Waals surface area contributed by atoms with E-state index in [0.717, 1.165) is 11.4 Å². The van der Waals surface area contributed by atoms with Crippen LogP contribution in [-0.2, 0) is 0 Å². The van der Waals surface area contributed by atoms with Crippen LogP contribution in [0.1, 0.15) is 27.9 Å². The lowest BCUT2D eigenvalue weighted by molar-refractivity contribution is 0.0998. The number of ketones is 1. The molecule has 0 aliphatic carbocycles. The Balaban J connectivity index is 1.67. The fourth-order valence-corrected chi connectivity index (χ4v) is 3.45. The summed E-state index contributed by atoms with van der Waals surface area (Å²) in [6, 6.07) is 18.9. The number of amidine groups is 1. The number of anilines is 2. The normalized spacial score (nSPS) is 11.2. The van der Waals surface area contributed by atoms with E-state index in [0.29, 0.717) is 33.6 Å². The lowest BCUT2D eigenvalue weighted by Gasteiger charge is -2.12. The minimum atomic E-state index is -0.319. The number of rotatable bonds is 7. The molecule has 0 aliphatic rings. The Hall–Kier alpha value is -4.84. The average molecular weight is 440 g/mol. The van der Waals surface area contributed by atoms with Gasteiger partial charge >= 0.3 is 0 Å². The summed E-state index contributed by atoms with van der Waals surface area (Å²) in [4.78, 5) is 12.6. The van der Waals surface area contributed by atoms with E-state index in [1.807, 2.05) is 54.6 Å². The second-order valence-electron chi connectivity index (χ2n) is 7.26. The van der Waals surface area contributed by atoms with E-state index in [4.69, 9.17) is 15.7 Å². The standard InChI is InChI=1S/C24H20N6O3/c1-15-20(21(31)11-22(26)29-32)14-30-24(15)23(16(12-25)13-27-30)28-17-7-9-19(10-8-17)33-18-5-3-2-4-6-18/h2-10,13-14,28,32H,11H2,1H3,(H2,26,29). The Morgan fingerprint density at radius 3 is 2.58 bits per heavy atom. The number of nitrogens with two attached hydrogens (primary N) is 1. The molecule has 0 radical (unpaired) electrons. The monoisotopic (exact) mass is 440 g/mol. The van der Waals surface area contributed by atoms with Crippen LogP contribution in [0.3, 0.4) is 0 Å². The van der Waals surface area contributed by atoms with Crippen LogP contribution in [0.25, 0.3) is 5.52 Å². The van der Waals surface area contributed by atoms with Crippen molar-refractivity contribution in [3.05, 3.63) is 83.7 Å². The van der Waals surface area contributed by atoms with Gasteiger partial charge in [0, 0.05) is 17.4 Å². The number of nitrogens with zero attached hydrogens (tertiary/aromatic N) is 4. The van der Waals surface area contributed by atoms with E-state index in [2.05, 4.69) is 21.6 Å². The molecular weight excluding hydrogens is 420 g/mol. The van der Waals surface area contributed by atoms with Crippen molar-refractivity contribution in [2.45, 2.75) is 13.3 Å². The number of aryl methyl sites for hydroxylation is 1. The Kier molecular flexibility index (Phi) is 5.91. The molecule has 0 aliphatic heterocycles. The predicted octanol–water partition coefficient (Wildman–Crippen LogP) is 4.37. The highest BCUT2D eigenvalue weighted by molar-refractivity contribution is 6.10. The number of nitrogens with one attached hydrogen (secondary N) is 1. The fraction of sp³-hybridized carbons (Fsp3) is 0.0833. The minimum absolute atomic E-state index is 0.184. The van der Waals surface area contributed by atoms with E-state index >= 15 is 0 Å². The predicted molar refractivity (Wildman–Crippen MR) is 123 cm³/mol. The highest BCUT2D eigenvalue weighted by Gasteiger charge is 2.20. The molecule has 4 rings (SSSR count). The Morgan fingerprint density at radius 2 is 1.91 bits per heavy atom. The molecule has 4 aromatic rings. The highest BCUT2D eigenvalue weighted by Crippen LogP contribution is 2.31. The number of carbonyl (C=O) groups excluding carboxylic acids is 1. The number of oxime groups is 1. The molecule has 33 heavy (non-hydrogen) atoms. The second kappa shape index (κ2) is 9.11. The van der Waals surface area contributed by atoms with Gasteiger partial charge in [-0.3, -0.25) is 4.79 Å². The van der Waals surface area contributed by atoms with Crippen molar-refractivity contribution in [1.29, 1.82) is 5.26 Å². The molecule has 0 bridgehead atoms. The molecule has 0 unspecified atom stereocenters. The number of hydrogen-bond acceptors (Lipinski definition) is 7. The van der Waals surface area contributed by atoms with Crippen LogP contribution in [0.5, 0.6) is 11.5 Å². The smallest absolute Gasteiger partial charge is 0.172 e. The number of benzene rings is 2. The Bertz CT molecular complexity index is 1390. The van der Waals surface area contributed by atoms with Gasteiger partial charge in [-0.2, -0.15) is 10.4 Å². The molecule has 0 amide bonds. The topological polar surface area (TPSA) is 138 Å². The summed E-state index contributed by atoms with van der Waals surface area (Å²) >= 11 is 0. The summed E-state index contributed by atoms with van der Waals surface area (Å²) in [5, 5.41) is 28.8. The summed E-state index contributed by atoms with van der Waals surface area (Å²) in [6.07, 6.45) is 2.77. The van der Waals surface area contributed by atoms with Crippen molar-refractivity contribution in [3.8, 4) is 17.6 Å². The second-order valence-corrected chi connectivity index (χ2v) is 7.26. The van der Waals surface area contributed by atoms with Gasteiger partial charge in [0.1, 0.15) is 23.4 Å². The summed E-state index contributed by atoms with van der Waals surface area (Å²) in [5.74, 6) is 0.896. The van der Waals surface area contributed by atoms with Crippen molar-refractivity contribution < 1.29 is 14.7 Å². The maximum atomic E-state index is 12.6. The molecule has 4 N–H and O–H groups in total. The van der Waals surface area contributed by atoms with E-state index in [-0.39, 0.29) is 18.0 Å². The number of para-hydroxylation sites is 1. The van der Waals surface area contributed by atoms with E-state index in [1.165, 1.54) is 10.7 Å². The number of ether oxygens (including phenoxy) is 1. The molecule has 2 aromatic carbocycles. The Labute approximate surface area is 189 Å². The van der Waals surface area contributed by atoms with Crippen LogP contribution in [0.4, 0.5) is 11.4 Å². The largest absolute Gasteiger partial charge is 0.457 e. The van der Waals surface area contributed by atoms with Crippen molar-refractivity contribution in [3.63, 3.8) is 0 Å². The zero-order valence-corrected chi connectivity index (χ0v) is 17.7. The first-order valence-corrected chi connectivity index (χ1v) is 10.0. The van der Waals surface area contributed by atoms with Gasteiger partial charge in [-0.25, -0.2) is 4.52 Å². The van der Waals surface area contributed by atoms with Gasteiger partial charge in [-0.1, -0.05) is 23.4 Å². The molecule has 0 saturated heterocycles. The molecule has 9 nitrogen and oxygen atoms in total. The number of aromatic nitrogens is 2. The maximum absolute atomic E-state index is 12.6. The molecular formula is C24H20N6O3. The highest BCUT2D eigenvalue weighted by atomic mass is 16.5. The molecule has 2 heterocycles. The lowest BCUT2D eigenvalue weighted by Crippen LogP contribution is -2.17. The van der Waals surface area contributed by atoms with E-state index in [9.17, 15) is 10.1 Å². The van der Waals surface area contributed by atoms with Crippen molar-refractivity contribution in [1.82, 2.24) is 9.61 Å². The first-order valence-electron chi connectivity index (χ1n) is 10.0. The molecule has 164 valence electrons. The molecule has 0 fully saturated rings. The third-order valence-corrected chi connectivity index (χ3v) is 5.05. The van der Waals surface area contributed by atoms with Gasteiger partial charge in [0.05, 0.1) is 29.4 Å². The number of nitriles is 1. The quantitative estimate of drug-likeness (QED) is 0.127. The molecule has 2 aromatic heterocycles. The summed E-state index contributed by atoms with van der Waals surface area (Å²) < 4.78 is 7.35. The third kappa shape index (κ3) is 4.45. The summed E-state index contributed by atoms with van der Waals surface area (Å²) in [7, 11) is 0. The van der Waals surface area contributed by atoms with Crippen molar-refractivity contribution >= 4 is 28.5 Å². The summed E-state index contributed by atoms with van der Waals surface area (Å²) in [5.41, 5.74) is 8.64. The van der Waals surface area contributed by atoms with Gasteiger partial charge < -0.3 is 21.0 Å². The molecule has 0 saturated carbocycles. The van der Waals surface area contributed by atoms with Crippen LogP contribution < -0.4 is 15.8 Å². The zero-order chi connectivity index (χ0) is 23.4. The van der Waals surface area contributed by atoms with Gasteiger partial charge in [-0.15, -0.1) is 0 Å². The van der Waals surface area contributed by atoms with Gasteiger partial charge in [0.15, 0.2) is 5.78 Å². The van der Waals surface area contributed by atoms with Crippen LogP contribution in [0.15, 0.2) is 72.1 Å². The molecule has 9 heteroatoms. The molecule has 0 atom stereocenters. The number of hydrogen-bond donors (Lipinski definition) is 3. The van der Waals surface area contributed by atoms with Crippen LogP contribution in [0.2, 0.25) is 0 Å². The number of Topliss-reactive ketones (excluding diaryl/α,β-unsaturated/α-hetero) is 1. The zero-order valence-electron chi connectivity index (χ0n) is 17.7. The van der Waals surface area contributed by atoms with Crippen LogP contribution in [0, 0.1) is 18.3 Å². The Morgan fingerprint density at radius 1 is 1.21 bits per heavy atom. The molecule has 0 spiro atoms. The first-order chi connectivity index (χ1) is 16.0. The number of carbonyl (C=O) groups is 1. The SMILES string of the molecule is Cc1c(C(=O)C/C(N)=N/O)cn2ncc(C#N)c(Nc3ccc(Oc4ccccc4)cc3)c12. The first kappa shape index (κ1) is 21.4. The van der Waals surface area contributed by atoms with E-state index < -0.39 is 0 Å². The van der Waals surface area contributed by atoms with Crippen molar-refractivity contribution in [2.24, 2.45) is 10.9 Å². The van der Waals surface area contributed by atoms with Gasteiger partial charge in [0.25, 0.3) is 0 Å². The van der Waals surface area contributed by atoms with Gasteiger partial charge in [-0.05, 0) is 48.9 Å². The van der Waals surface area contributed by atoms with Crippen LogP contribution >= 0.6 is 0 Å². The number of fused-ring (bicyclic) bond motifs is 1. The summed E-state index contributed by atoms with van der Waals surface area (Å²) in [6.45, 7) is 1.76. The third-order valence-electron chi connectivity index (χ3n) is 5.05. The van der Waals surface area contributed by atoms with E-state index in [1.54, 1.807) is 13.1 Å². The average Bonchev–Trinajstić information content (AvgIpc) is 3.18. The van der Waals surface area contributed by atoms with Crippen molar-refractivity contribution in [2.75, 3.05) is 5.32 Å². The van der Waals surface area contributed by atoms with Gasteiger partial charge in [0.2, 0.25) is 0 Å². The fourth-order valence-electron chi connectivity index (χ4n) is 3.45. The maximum Gasteiger partial charge on any atom is 0.172 e. The van der Waals surface area contributed by atoms with Crippen LogP contribution in [-0.4, -0.2) is 26.4 Å². The minimum Gasteiger partial charge on any atom is -0.457 e. The lowest BCUT2D eigenvalue weighted by atomic mass is 10.1.